The Hall–Kier alpha value is -1.37. The van der Waals surface area contributed by atoms with Crippen LogP contribution in [0.15, 0.2) is 30.5 Å². The molecule has 6 heteroatoms. The highest BCUT2D eigenvalue weighted by Gasteiger charge is 2.25. The Labute approximate surface area is 144 Å². The van der Waals surface area contributed by atoms with E-state index in [-0.39, 0.29) is 0 Å². The molecule has 1 aliphatic heterocycles. The molecule has 5 nitrogen and oxygen atoms in total. The van der Waals surface area contributed by atoms with Crippen molar-refractivity contribution in [2.24, 2.45) is 0 Å². The van der Waals surface area contributed by atoms with Crippen LogP contribution < -0.4 is 5.32 Å². The van der Waals surface area contributed by atoms with Crippen molar-refractivity contribution in [3.05, 3.63) is 36.0 Å². The van der Waals surface area contributed by atoms with E-state index in [1.54, 1.807) is 4.31 Å². The molecule has 0 radical (unpaired) electrons. The van der Waals surface area contributed by atoms with Crippen molar-refractivity contribution in [3.8, 4) is 0 Å². The quantitative estimate of drug-likeness (QED) is 0.842. The average molecular weight is 350 g/mol. The molecule has 2 aromatic rings. The predicted molar refractivity (Wildman–Crippen MR) is 98.7 cm³/mol. The Morgan fingerprint density at radius 2 is 2.00 bits per heavy atom. The van der Waals surface area contributed by atoms with E-state index in [1.807, 2.05) is 0 Å². The van der Waals surface area contributed by atoms with Gasteiger partial charge in [-0.15, -0.1) is 0 Å². The molecule has 1 aliphatic rings. The third-order valence-corrected chi connectivity index (χ3v) is 6.27. The summed E-state index contributed by atoms with van der Waals surface area (Å²) in [5, 5.41) is 4.98. The largest absolute Gasteiger partial charge is 0.361 e. The topological polar surface area (TPSA) is 65.2 Å². The highest BCUT2D eigenvalue weighted by atomic mass is 32.2. The van der Waals surface area contributed by atoms with Gasteiger partial charge in [0.15, 0.2) is 0 Å². The van der Waals surface area contributed by atoms with Gasteiger partial charge in [0.2, 0.25) is 10.0 Å². The molecule has 0 spiro atoms. The molecule has 0 saturated carbocycles. The van der Waals surface area contributed by atoms with Crippen molar-refractivity contribution < 1.29 is 8.42 Å². The molecule has 1 aromatic carbocycles. The minimum absolute atomic E-state index is 0.418. The first kappa shape index (κ1) is 17.5. The summed E-state index contributed by atoms with van der Waals surface area (Å²) in [4.78, 5) is 3.33. The van der Waals surface area contributed by atoms with Gasteiger partial charge >= 0.3 is 0 Å². The van der Waals surface area contributed by atoms with E-state index in [4.69, 9.17) is 0 Å². The van der Waals surface area contributed by atoms with Crippen LogP contribution in [0.1, 0.15) is 31.7 Å². The van der Waals surface area contributed by atoms with Gasteiger partial charge in [-0.05, 0) is 44.2 Å². The Bertz CT molecular complexity index is 776. The zero-order valence-corrected chi connectivity index (χ0v) is 15.3. The molecular formula is C18H27N3O2S. The lowest BCUT2D eigenvalue weighted by Crippen LogP contribution is -2.46. The molecule has 1 fully saturated rings. The number of rotatable bonds is 6. The molecular weight excluding hydrogens is 322 g/mol. The van der Waals surface area contributed by atoms with Crippen LogP contribution in [-0.2, 0) is 16.4 Å². The first-order chi connectivity index (χ1) is 11.4. The summed E-state index contributed by atoms with van der Waals surface area (Å²) in [6.07, 6.45) is 7.32. The predicted octanol–water partition coefficient (Wildman–Crippen LogP) is 2.50. The normalized spacial score (nSPS) is 18.9. The first-order valence-electron chi connectivity index (χ1n) is 8.69. The third kappa shape index (κ3) is 4.18. The van der Waals surface area contributed by atoms with Crippen LogP contribution in [0.2, 0.25) is 0 Å². The minimum atomic E-state index is -3.04. The van der Waals surface area contributed by atoms with Crippen LogP contribution >= 0.6 is 0 Å². The lowest BCUT2D eigenvalue weighted by molar-refractivity contribution is 0.274. The fraction of sp³-hybridized carbons (Fsp3) is 0.556. The van der Waals surface area contributed by atoms with Crippen LogP contribution in [0, 0.1) is 0 Å². The number of nitrogens with zero attached hydrogens (tertiary/aromatic N) is 1. The van der Waals surface area contributed by atoms with Gasteiger partial charge in [0.1, 0.15) is 0 Å². The van der Waals surface area contributed by atoms with Gasteiger partial charge in [-0.3, -0.25) is 0 Å². The Morgan fingerprint density at radius 3 is 2.71 bits per heavy atom. The lowest BCUT2D eigenvalue weighted by atomic mass is 10.0. The standard InChI is InChI=1S/C18H27N3O2S/c1-14(20-16-9-11-21(12-10-16)24(2,22)23)7-8-15-13-19-18-6-4-3-5-17(15)18/h3-6,13-14,16,19-20H,7-12H2,1-2H3/t14-/m0/s1. The van der Waals surface area contributed by atoms with Crippen molar-refractivity contribution in [1.29, 1.82) is 0 Å². The van der Waals surface area contributed by atoms with Gasteiger partial charge in [-0.1, -0.05) is 18.2 Å². The average Bonchev–Trinajstić information content (AvgIpc) is 2.96. The summed E-state index contributed by atoms with van der Waals surface area (Å²) in [6.45, 7) is 3.48. The zero-order valence-electron chi connectivity index (χ0n) is 14.5. The van der Waals surface area contributed by atoms with Crippen LogP contribution in [0.25, 0.3) is 10.9 Å². The molecule has 2 heterocycles. The lowest BCUT2D eigenvalue weighted by Gasteiger charge is -2.32. The van der Waals surface area contributed by atoms with Crippen molar-refractivity contribution in [3.63, 3.8) is 0 Å². The van der Waals surface area contributed by atoms with Gasteiger partial charge in [0.25, 0.3) is 0 Å². The van der Waals surface area contributed by atoms with Gasteiger partial charge in [-0.25, -0.2) is 12.7 Å². The molecule has 0 aliphatic carbocycles. The molecule has 1 atom stereocenters. The molecule has 0 unspecified atom stereocenters. The highest BCUT2D eigenvalue weighted by Crippen LogP contribution is 2.20. The van der Waals surface area contributed by atoms with E-state index in [1.165, 1.54) is 22.7 Å². The summed E-state index contributed by atoms with van der Waals surface area (Å²) in [6, 6.07) is 9.25. The van der Waals surface area contributed by atoms with Gasteiger partial charge < -0.3 is 10.3 Å². The number of fused-ring (bicyclic) bond motifs is 1. The second-order valence-corrected chi connectivity index (χ2v) is 8.88. The van der Waals surface area contributed by atoms with Gasteiger partial charge in [0.05, 0.1) is 6.26 Å². The third-order valence-electron chi connectivity index (χ3n) is 4.96. The van der Waals surface area contributed by atoms with Crippen LogP contribution in [-0.4, -0.2) is 49.1 Å². The Kier molecular flexibility index (Phi) is 5.27. The summed E-state index contributed by atoms with van der Waals surface area (Å²) in [7, 11) is -3.04. The molecule has 1 saturated heterocycles. The number of hydrogen-bond acceptors (Lipinski definition) is 3. The van der Waals surface area contributed by atoms with E-state index in [0.717, 1.165) is 25.7 Å². The second kappa shape index (κ2) is 7.25. The Balaban J connectivity index is 1.47. The van der Waals surface area contributed by atoms with Crippen molar-refractivity contribution in [2.45, 2.75) is 44.7 Å². The molecule has 0 amide bonds. The SMILES string of the molecule is C[C@@H](CCc1c[nH]c2ccccc12)NC1CCN(S(C)(=O)=O)CC1. The second-order valence-electron chi connectivity index (χ2n) is 6.90. The maximum Gasteiger partial charge on any atom is 0.211 e. The highest BCUT2D eigenvalue weighted by molar-refractivity contribution is 7.88. The smallest absolute Gasteiger partial charge is 0.211 e. The molecule has 24 heavy (non-hydrogen) atoms. The van der Waals surface area contributed by atoms with Crippen LogP contribution in [0.4, 0.5) is 0 Å². The molecule has 132 valence electrons. The van der Waals surface area contributed by atoms with Crippen molar-refractivity contribution in [1.82, 2.24) is 14.6 Å². The maximum absolute atomic E-state index is 11.6. The van der Waals surface area contributed by atoms with Crippen molar-refractivity contribution in [2.75, 3.05) is 19.3 Å². The van der Waals surface area contributed by atoms with E-state index in [9.17, 15) is 8.42 Å². The summed E-state index contributed by atoms with van der Waals surface area (Å²) >= 11 is 0. The summed E-state index contributed by atoms with van der Waals surface area (Å²) in [5.41, 5.74) is 2.56. The molecule has 3 rings (SSSR count). The summed E-state index contributed by atoms with van der Waals surface area (Å²) < 4.78 is 24.7. The maximum atomic E-state index is 11.6. The number of hydrogen-bond donors (Lipinski definition) is 2. The Morgan fingerprint density at radius 1 is 1.29 bits per heavy atom. The molecule has 0 bridgehead atoms. The van der Waals surface area contributed by atoms with Crippen LogP contribution in [0.5, 0.6) is 0 Å². The number of benzene rings is 1. The van der Waals surface area contributed by atoms with Crippen molar-refractivity contribution >= 4 is 20.9 Å². The number of para-hydroxylation sites is 1. The van der Waals surface area contributed by atoms with E-state index >= 15 is 0 Å². The summed E-state index contributed by atoms with van der Waals surface area (Å²) in [5.74, 6) is 0. The minimum Gasteiger partial charge on any atom is -0.361 e. The van der Waals surface area contributed by atoms with E-state index < -0.39 is 10.0 Å². The first-order valence-corrected chi connectivity index (χ1v) is 10.5. The van der Waals surface area contributed by atoms with Gasteiger partial charge in [0, 0.05) is 42.3 Å². The van der Waals surface area contributed by atoms with Crippen LogP contribution in [0.3, 0.4) is 0 Å². The zero-order chi connectivity index (χ0) is 17.2. The monoisotopic (exact) mass is 349 g/mol. The van der Waals surface area contributed by atoms with E-state index in [0.29, 0.717) is 25.2 Å². The number of nitrogens with one attached hydrogen (secondary N) is 2. The van der Waals surface area contributed by atoms with E-state index in [2.05, 4.69) is 47.7 Å². The number of sulfonamides is 1. The van der Waals surface area contributed by atoms with Gasteiger partial charge in [-0.2, -0.15) is 0 Å². The number of aromatic nitrogens is 1. The number of aromatic amines is 1. The molecule has 1 aromatic heterocycles. The fourth-order valence-electron chi connectivity index (χ4n) is 3.55. The fourth-order valence-corrected chi connectivity index (χ4v) is 4.42. The number of H-pyrrole nitrogens is 1. The number of aryl methyl sites for hydroxylation is 1. The molecule has 2 N–H and O–H groups in total. The number of piperidine rings is 1.